The molecule has 0 fully saturated rings. The number of nitrogens with zero attached hydrogens (tertiary/aromatic N) is 3. The van der Waals surface area contributed by atoms with Gasteiger partial charge in [0.25, 0.3) is 0 Å². The summed E-state index contributed by atoms with van der Waals surface area (Å²) in [6, 6.07) is 17.4. The number of carbonyl (C=O) groups excluding carboxylic acids is 2. The monoisotopic (exact) mass is 445 g/mol. The molecule has 8 heteroatoms. The normalized spacial score (nSPS) is 11.0. The van der Waals surface area contributed by atoms with Gasteiger partial charge in [0.2, 0.25) is 5.71 Å². The molecule has 33 heavy (non-hydrogen) atoms. The summed E-state index contributed by atoms with van der Waals surface area (Å²) in [5, 5.41) is 16.2. The van der Waals surface area contributed by atoms with E-state index in [4.69, 9.17) is 14.5 Å². The van der Waals surface area contributed by atoms with E-state index in [0.29, 0.717) is 18.1 Å². The summed E-state index contributed by atoms with van der Waals surface area (Å²) in [6.45, 7) is 4.02. The third-order valence-electron chi connectivity index (χ3n) is 4.74. The van der Waals surface area contributed by atoms with E-state index in [0.717, 1.165) is 43.1 Å². The Hall–Kier alpha value is -4.25. The number of oxime groups is 1. The van der Waals surface area contributed by atoms with E-state index in [2.05, 4.69) is 22.1 Å². The van der Waals surface area contributed by atoms with E-state index in [1.54, 1.807) is 24.3 Å². The van der Waals surface area contributed by atoms with Crippen LogP contribution in [0.5, 0.6) is 5.75 Å². The molecule has 1 heterocycles. The highest BCUT2D eigenvalue weighted by atomic mass is 16.7. The van der Waals surface area contributed by atoms with Crippen LogP contribution in [-0.2, 0) is 9.63 Å². The van der Waals surface area contributed by atoms with Crippen molar-refractivity contribution in [2.24, 2.45) is 5.16 Å². The van der Waals surface area contributed by atoms with E-state index < -0.39 is 17.5 Å². The zero-order valence-corrected chi connectivity index (χ0v) is 18.4. The molecule has 0 bridgehead atoms. The number of carbonyl (C=O) groups is 2. The number of aromatic nitrogens is 1. The van der Waals surface area contributed by atoms with Crippen LogP contribution in [0.2, 0.25) is 0 Å². The van der Waals surface area contributed by atoms with Gasteiger partial charge in [-0.25, -0.2) is 4.79 Å². The summed E-state index contributed by atoms with van der Waals surface area (Å²) < 4.78 is 11.2. The Morgan fingerprint density at radius 1 is 1.06 bits per heavy atom. The van der Waals surface area contributed by atoms with Crippen LogP contribution in [0.25, 0.3) is 22.6 Å². The Kier molecular flexibility index (Phi) is 8.08. The topological polar surface area (TPSA) is 115 Å². The Bertz CT molecular complexity index is 1170. The van der Waals surface area contributed by atoms with Crippen molar-refractivity contribution in [3.05, 3.63) is 60.2 Å². The second-order valence-electron chi connectivity index (χ2n) is 7.22. The van der Waals surface area contributed by atoms with Crippen molar-refractivity contribution in [3.63, 3.8) is 0 Å². The van der Waals surface area contributed by atoms with Crippen molar-refractivity contribution in [3.8, 4) is 34.4 Å². The van der Waals surface area contributed by atoms with Crippen molar-refractivity contribution >= 4 is 17.5 Å². The van der Waals surface area contributed by atoms with Gasteiger partial charge in [-0.1, -0.05) is 42.2 Å². The molecule has 168 valence electrons. The Labute approximate surface area is 191 Å². The third kappa shape index (κ3) is 6.37. The second-order valence-corrected chi connectivity index (χ2v) is 7.22. The number of nitriles is 1. The molecular weight excluding hydrogens is 422 g/mol. The molecule has 0 amide bonds. The van der Waals surface area contributed by atoms with Gasteiger partial charge in [-0.15, -0.1) is 0 Å². The number of Topliss-reactive ketones (excluding diaryl/α,β-unsaturated/α-hetero) is 1. The van der Waals surface area contributed by atoms with Crippen molar-refractivity contribution < 1.29 is 23.7 Å². The zero-order valence-electron chi connectivity index (χ0n) is 18.4. The molecule has 2 aromatic carbocycles. The summed E-state index contributed by atoms with van der Waals surface area (Å²) in [5.74, 6) is 0.0465. The van der Waals surface area contributed by atoms with E-state index in [9.17, 15) is 9.59 Å². The minimum Gasteiger partial charge on any atom is -0.494 e. The number of hydrogen-bond acceptors (Lipinski definition) is 8. The zero-order chi connectivity index (χ0) is 23.6. The molecule has 0 aliphatic carbocycles. The Balaban J connectivity index is 1.64. The lowest BCUT2D eigenvalue weighted by Crippen LogP contribution is -2.10. The first-order chi connectivity index (χ1) is 16.0. The molecule has 3 aromatic rings. The minimum absolute atomic E-state index is 0.210. The summed E-state index contributed by atoms with van der Waals surface area (Å²) in [7, 11) is 0. The van der Waals surface area contributed by atoms with E-state index >= 15 is 0 Å². The minimum atomic E-state index is -0.784. The number of rotatable bonds is 10. The van der Waals surface area contributed by atoms with Crippen molar-refractivity contribution in [2.75, 3.05) is 6.61 Å². The molecule has 0 radical (unpaired) electrons. The standard InChI is InChI=1S/C25H23N3O5/c1-3-4-5-14-31-21-12-10-19(11-13-21)24-15-22(27-32-24)18-6-8-20(9-7-18)25(30)33-28-23(16-26)17(2)29/h6-13,15H,3-5,14H2,1-2H3/b28-23+. The van der Waals surface area contributed by atoms with Gasteiger partial charge in [0, 0.05) is 24.1 Å². The summed E-state index contributed by atoms with van der Waals surface area (Å²) in [5.41, 5.74) is 1.94. The van der Waals surface area contributed by atoms with Gasteiger partial charge in [-0.3, -0.25) is 4.79 Å². The molecule has 1 aromatic heterocycles. The van der Waals surface area contributed by atoms with Gasteiger partial charge < -0.3 is 14.1 Å². The fourth-order valence-electron chi connectivity index (χ4n) is 2.89. The molecule has 0 unspecified atom stereocenters. The fourth-order valence-corrected chi connectivity index (χ4v) is 2.89. The van der Waals surface area contributed by atoms with Crippen LogP contribution in [-0.4, -0.2) is 29.2 Å². The lowest BCUT2D eigenvalue weighted by atomic mass is 10.1. The number of ether oxygens (including phenoxy) is 1. The summed E-state index contributed by atoms with van der Waals surface area (Å²) >= 11 is 0. The first-order valence-electron chi connectivity index (χ1n) is 10.5. The quantitative estimate of drug-likeness (QED) is 0.182. The van der Waals surface area contributed by atoms with Crippen LogP contribution in [0, 0.1) is 11.3 Å². The number of ketones is 1. The number of unbranched alkanes of at least 4 members (excludes halogenated alkanes) is 2. The molecule has 0 aliphatic rings. The van der Waals surface area contributed by atoms with Crippen LogP contribution in [0.1, 0.15) is 43.5 Å². The van der Waals surface area contributed by atoms with E-state index in [1.165, 1.54) is 12.1 Å². The van der Waals surface area contributed by atoms with Gasteiger partial charge in [-0.2, -0.15) is 5.26 Å². The van der Waals surface area contributed by atoms with Gasteiger partial charge in [-0.05, 0) is 42.8 Å². The number of hydrogen-bond donors (Lipinski definition) is 0. The highest BCUT2D eigenvalue weighted by Crippen LogP contribution is 2.27. The Morgan fingerprint density at radius 2 is 1.76 bits per heavy atom. The van der Waals surface area contributed by atoms with Gasteiger partial charge in [0.15, 0.2) is 11.5 Å². The van der Waals surface area contributed by atoms with Crippen LogP contribution >= 0.6 is 0 Å². The second kappa shape index (κ2) is 11.4. The average Bonchev–Trinajstić information content (AvgIpc) is 3.33. The largest absolute Gasteiger partial charge is 0.494 e. The predicted molar refractivity (Wildman–Crippen MR) is 122 cm³/mol. The molecule has 0 saturated heterocycles. The molecule has 0 N–H and O–H groups in total. The molecule has 0 saturated carbocycles. The third-order valence-corrected chi connectivity index (χ3v) is 4.74. The van der Waals surface area contributed by atoms with Crippen LogP contribution in [0.3, 0.4) is 0 Å². The molecular formula is C25H23N3O5. The highest BCUT2D eigenvalue weighted by molar-refractivity contribution is 6.45. The van der Waals surface area contributed by atoms with E-state index in [1.807, 2.05) is 24.3 Å². The predicted octanol–water partition coefficient (Wildman–Crippen LogP) is 5.20. The van der Waals surface area contributed by atoms with Crippen molar-refractivity contribution in [1.29, 1.82) is 5.26 Å². The van der Waals surface area contributed by atoms with Crippen molar-refractivity contribution in [1.82, 2.24) is 5.16 Å². The van der Waals surface area contributed by atoms with Gasteiger partial charge >= 0.3 is 5.97 Å². The van der Waals surface area contributed by atoms with Crippen LogP contribution in [0.15, 0.2) is 64.3 Å². The van der Waals surface area contributed by atoms with E-state index in [-0.39, 0.29) is 5.56 Å². The molecule has 8 nitrogen and oxygen atoms in total. The number of benzene rings is 2. The molecule has 0 aliphatic heterocycles. The molecule has 0 spiro atoms. The van der Waals surface area contributed by atoms with Gasteiger partial charge in [0.05, 0.1) is 12.2 Å². The van der Waals surface area contributed by atoms with Crippen molar-refractivity contribution in [2.45, 2.75) is 33.1 Å². The first-order valence-corrected chi connectivity index (χ1v) is 10.5. The average molecular weight is 445 g/mol. The summed E-state index contributed by atoms with van der Waals surface area (Å²) in [4.78, 5) is 27.9. The van der Waals surface area contributed by atoms with Gasteiger partial charge in [0.1, 0.15) is 17.5 Å². The maximum Gasteiger partial charge on any atom is 0.365 e. The highest BCUT2D eigenvalue weighted by Gasteiger charge is 2.13. The van der Waals surface area contributed by atoms with Crippen LogP contribution in [0.4, 0.5) is 0 Å². The first kappa shape index (κ1) is 23.4. The van der Waals surface area contributed by atoms with Crippen LogP contribution < -0.4 is 4.74 Å². The maximum atomic E-state index is 12.1. The lowest BCUT2D eigenvalue weighted by Gasteiger charge is -2.05. The SMILES string of the molecule is CCCCCOc1ccc(-c2cc(-c3ccc(C(=O)O/N=C(\C#N)C(C)=O)cc3)no2)cc1. The maximum absolute atomic E-state index is 12.1. The lowest BCUT2D eigenvalue weighted by molar-refractivity contribution is -0.111. The Morgan fingerprint density at radius 3 is 2.39 bits per heavy atom. The molecule has 0 atom stereocenters. The fraction of sp³-hybridized carbons (Fsp3) is 0.240. The summed E-state index contributed by atoms with van der Waals surface area (Å²) in [6.07, 6.45) is 3.34. The smallest absolute Gasteiger partial charge is 0.365 e. The molecule has 3 rings (SSSR count).